The Labute approximate surface area is 186 Å². The highest BCUT2D eigenvalue weighted by Gasteiger charge is 2.19. The van der Waals surface area contributed by atoms with E-state index < -0.39 is 0 Å². The molecule has 0 fully saturated rings. The standard InChI is InChI=1S/C28H59N/c1-6-8-10-12-14-16-18-20-22-24-26-29(28(3,4)5)27-25-23-21-19-17-15-13-11-9-7-2/h6-27H2,1-5H3. The molecule has 0 heterocycles. The third-order valence-corrected chi connectivity index (χ3v) is 6.51. The molecule has 0 bridgehead atoms. The fraction of sp³-hybridized carbons (Fsp3) is 1.00. The molecule has 0 N–H and O–H groups in total. The van der Waals surface area contributed by atoms with Gasteiger partial charge in [-0.05, 0) is 46.7 Å². The maximum atomic E-state index is 2.75. The van der Waals surface area contributed by atoms with Gasteiger partial charge in [0.25, 0.3) is 0 Å². The Kier molecular flexibility index (Phi) is 21.2. The van der Waals surface area contributed by atoms with Crippen molar-refractivity contribution in [3.63, 3.8) is 0 Å². The molecule has 0 aliphatic carbocycles. The van der Waals surface area contributed by atoms with Gasteiger partial charge in [-0.15, -0.1) is 0 Å². The summed E-state index contributed by atoms with van der Waals surface area (Å²) in [6.45, 7) is 14.4. The second kappa shape index (κ2) is 21.2. The average Bonchev–Trinajstić information content (AvgIpc) is 2.68. The monoisotopic (exact) mass is 409 g/mol. The molecule has 0 unspecified atom stereocenters. The van der Waals surface area contributed by atoms with Crippen LogP contribution in [0.1, 0.15) is 163 Å². The Morgan fingerprint density at radius 3 is 0.862 bits per heavy atom. The van der Waals surface area contributed by atoms with Gasteiger partial charge in [-0.1, -0.05) is 129 Å². The molecule has 0 saturated carbocycles. The molecule has 0 aromatic rings. The van der Waals surface area contributed by atoms with Crippen LogP contribution in [0.2, 0.25) is 0 Å². The first-order valence-corrected chi connectivity index (χ1v) is 13.8. The molecule has 0 spiro atoms. The van der Waals surface area contributed by atoms with Crippen LogP contribution in [0.5, 0.6) is 0 Å². The predicted molar refractivity (Wildman–Crippen MR) is 135 cm³/mol. The molecular weight excluding hydrogens is 350 g/mol. The summed E-state index contributed by atoms with van der Waals surface area (Å²) in [5.41, 5.74) is 0.332. The summed E-state index contributed by atoms with van der Waals surface area (Å²) in [5, 5.41) is 0. The molecule has 0 aromatic carbocycles. The predicted octanol–water partition coefficient (Wildman–Crippen LogP) is 9.93. The minimum atomic E-state index is 0.332. The van der Waals surface area contributed by atoms with Crippen LogP contribution in [0.3, 0.4) is 0 Å². The van der Waals surface area contributed by atoms with Crippen LogP contribution in [0.4, 0.5) is 0 Å². The number of hydrogen-bond acceptors (Lipinski definition) is 1. The van der Waals surface area contributed by atoms with E-state index in [4.69, 9.17) is 0 Å². The molecule has 0 aliphatic heterocycles. The van der Waals surface area contributed by atoms with E-state index in [1.165, 1.54) is 142 Å². The smallest absolute Gasteiger partial charge is 0.0125 e. The van der Waals surface area contributed by atoms with Crippen LogP contribution < -0.4 is 0 Å². The second-order valence-electron chi connectivity index (χ2n) is 10.5. The molecule has 1 nitrogen and oxygen atoms in total. The summed E-state index contributed by atoms with van der Waals surface area (Å²) in [5.74, 6) is 0. The van der Waals surface area contributed by atoms with Crippen molar-refractivity contribution in [1.29, 1.82) is 0 Å². The largest absolute Gasteiger partial charge is 0.298 e. The number of unbranched alkanes of at least 4 members (excludes halogenated alkanes) is 18. The summed E-state index contributed by atoms with van der Waals surface area (Å²) in [6.07, 6.45) is 28.7. The number of nitrogens with zero attached hydrogens (tertiary/aromatic N) is 1. The summed E-state index contributed by atoms with van der Waals surface area (Å²) in [6, 6.07) is 0. The highest BCUT2D eigenvalue weighted by molar-refractivity contribution is 4.76. The molecule has 0 atom stereocenters. The quantitative estimate of drug-likeness (QED) is 0.161. The molecule has 0 saturated heterocycles. The van der Waals surface area contributed by atoms with Gasteiger partial charge in [-0.3, -0.25) is 4.90 Å². The lowest BCUT2D eigenvalue weighted by atomic mass is 10.0. The van der Waals surface area contributed by atoms with Crippen molar-refractivity contribution in [1.82, 2.24) is 4.90 Å². The van der Waals surface area contributed by atoms with Gasteiger partial charge in [0.2, 0.25) is 0 Å². The van der Waals surface area contributed by atoms with Gasteiger partial charge in [0, 0.05) is 5.54 Å². The Morgan fingerprint density at radius 1 is 0.379 bits per heavy atom. The lowest BCUT2D eigenvalue weighted by Crippen LogP contribution is -2.42. The Bertz CT molecular complexity index is 280. The minimum absolute atomic E-state index is 0.332. The van der Waals surface area contributed by atoms with Crippen molar-refractivity contribution in [2.75, 3.05) is 13.1 Å². The van der Waals surface area contributed by atoms with E-state index in [1.807, 2.05) is 0 Å². The van der Waals surface area contributed by atoms with Crippen LogP contribution in [-0.2, 0) is 0 Å². The van der Waals surface area contributed by atoms with E-state index in [2.05, 4.69) is 39.5 Å². The molecule has 0 aromatic heterocycles. The number of rotatable bonds is 22. The van der Waals surface area contributed by atoms with Crippen LogP contribution in [-0.4, -0.2) is 23.5 Å². The normalized spacial score (nSPS) is 12.2. The topological polar surface area (TPSA) is 3.24 Å². The highest BCUT2D eigenvalue weighted by Crippen LogP contribution is 2.18. The lowest BCUT2D eigenvalue weighted by molar-refractivity contribution is 0.130. The van der Waals surface area contributed by atoms with E-state index in [9.17, 15) is 0 Å². The van der Waals surface area contributed by atoms with Gasteiger partial charge in [0.1, 0.15) is 0 Å². The van der Waals surface area contributed by atoms with Gasteiger partial charge in [-0.25, -0.2) is 0 Å². The summed E-state index contributed by atoms with van der Waals surface area (Å²) in [7, 11) is 0. The van der Waals surface area contributed by atoms with Gasteiger partial charge >= 0.3 is 0 Å². The average molecular weight is 410 g/mol. The van der Waals surface area contributed by atoms with E-state index in [0.717, 1.165) is 0 Å². The van der Waals surface area contributed by atoms with Crippen molar-refractivity contribution >= 4 is 0 Å². The summed E-state index contributed by atoms with van der Waals surface area (Å²) in [4.78, 5) is 2.75. The fourth-order valence-electron chi connectivity index (χ4n) is 4.36. The molecule has 0 rings (SSSR count). The molecule has 176 valence electrons. The van der Waals surface area contributed by atoms with Crippen molar-refractivity contribution in [3.8, 4) is 0 Å². The maximum Gasteiger partial charge on any atom is 0.0125 e. The lowest BCUT2D eigenvalue weighted by Gasteiger charge is -2.36. The van der Waals surface area contributed by atoms with Crippen molar-refractivity contribution in [2.45, 2.75) is 169 Å². The van der Waals surface area contributed by atoms with Crippen molar-refractivity contribution < 1.29 is 0 Å². The van der Waals surface area contributed by atoms with Crippen LogP contribution in [0.15, 0.2) is 0 Å². The zero-order valence-corrected chi connectivity index (χ0v) is 21.5. The Hall–Kier alpha value is -0.0400. The first-order chi connectivity index (χ1) is 14.0. The molecule has 29 heavy (non-hydrogen) atoms. The molecule has 1 heteroatoms. The second-order valence-corrected chi connectivity index (χ2v) is 10.5. The van der Waals surface area contributed by atoms with E-state index in [1.54, 1.807) is 0 Å². The van der Waals surface area contributed by atoms with Gasteiger partial charge in [-0.2, -0.15) is 0 Å². The van der Waals surface area contributed by atoms with Crippen LogP contribution >= 0.6 is 0 Å². The Balaban J connectivity index is 3.61. The SMILES string of the molecule is CCCCCCCCCCCCN(CCCCCCCCCCCC)C(C)(C)C. The minimum Gasteiger partial charge on any atom is -0.298 e. The van der Waals surface area contributed by atoms with Crippen molar-refractivity contribution in [2.24, 2.45) is 0 Å². The van der Waals surface area contributed by atoms with E-state index in [-0.39, 0.29) is 0 Å². The zero-order valence-electron chi connectivity index (χ0n) is 21.5. The molecular formula is C28H59N. The summed E-state index contributed by atoms with van der Waals surface area (Å²) < 4.78 is 0. The van der Waals surface area contributed by atoms with E-state index in [0.29, 0.717) is 5.54 Å². The van der Waals surface area contributed by atoms with Gasteiger partial charge < -0.3 is 0 Å². The van der Waals surface area contributed by atoms with Crippen molar-refractivity contribution in [3.05, 3.63) is 0 Å². The van der Waals surface area contributed by atoms with E-state index >= 15 is 0 Å². The molecule has 0 amide bonds. The zero-order chi connectivity index (χ0) is 21.6. The summed E-state index contributed by atoms with van der Waals surface area (Å²) >= 11 is 0. The first kappa shape index (κ1) is 29.0. The molecule has 0 radical (unpaired) electrons. The molecule has 0 aliphatic rings. The van der Waals surface area contributed by atoms with Crippen LogP contribution in [0.25, 0.3) is 0 Å². The van der Waals surface area contributed by atoms with Crippen LogP contribution in [0, 0.1) is 0 Å². The fourth-order valence-corrected chi connectivity index (χ4v) is 4.36. The number of hydrogen-bond donors (Lipinski definition) is 0. The Morgan fingerprint density at radius 2 is 0.621 bits per heavy atom. The highest BCUT2D eigenvalue weighted by atomic mass is 15.2. The van der Waals surface area contributed by atoms with Gasteiger partial charge in [0.15, 0.2) is 0 Å². The third kappa shape index (κ3) is 21.0. The maximum absolute atomic E-state index is 2.75. The third-order valence-electron chi connectivity index (χ3n) is 6.51. The first-order valence-electron chi connectivity index (χ1n) is 13.8. The van der Waals surface area contributed by atoms with Gasteiger partial charge in [0.05, 0.1) is 0 Å².